The zero-order valence-corrected chi connectivity index (χ0v) is 18.4. The Hall–Kier alpha value is -4.26. The van der Waals surface area contributed by atoms with Gasteiger partial charge in [0.25, 0.3) is 5.91 Å². The number of aliphatic imine (C=N–C) groups is 1. The van der Waals surface area contributed by atoms with E-state index in [1.165, 1.54) is 4.90 Å². The molecule has 1 fully saturated rings. The maximum absolute atomic E-state index is 13.7. The number of rotatable bonds is 6. The summed E-state index contributed by atoms with van der Waals surface area (Å²) in [5.74, 6) is -1.02. The van der Waals surface area contributed by atoms with Crippen LogP contribution in [0.4, 0.5) is 17.1 Å². The predicted molar refractivity (Wildman–Crippen MR) is 130 cm³/mol. The molecule has 4 rings (SSSR count). The first-order valence-corrected chi connectivity index (χ1v) is 10.7. The van der Waals surface area contributed by atoms with Crippen LogP contribution in [0, 0.1) is 0 Å². The zero-order valence-electron chi connectivity index (χ0n) is 18.4. The molecule has 7 nitrogen and oxygen atoms in total. The van der Waals surface area contributed by atoms with E-state index in [9.17, 15) is 9.59 Å². The lowest BCUT2D eigenvalue weighted by atomic mass is 9.95. The molecule has 3 aromatic carbocycles. The van der Waals surface area contributed by atoms with Crippen LogP contribution in [0.5, 0.6) is 0 Å². The Morgan fingerprint density at radius 2 is 1.52 bits per heavy atom. The highest BCUT2D eigenvalue weighted by molar-refractivity contribution is 6.77. The maximum atomic E-state index is 13.7. The third-order valence-corrected chi connectivity index (χ3v) is 5.29. The molecule has 0 unspecified atom stereocenters. The standard InChI is InChI=1S/C26H24N4O3/c1-3-33-25(32)26(2)23(29-28-20-15-9-5-10-16-20)22(27-19-13-7-4-8-14-19)24(31)30(26)21-17-11-6-12-18-21/h4-18,28H,3H2,1-2H3/b27-22?,29-23+/t26-/m1/s1. The van der Waals surface area contributed by atoms with E-state index in [-0.39, 0.29) is 18.0 Å². The molecule has 1 amide bonds. The molecule has 7 heteroatoms. The van der Waals surface area contributed by atoms with E-state index < -0.39 is 17.4 Å². The molecule has 1 aliphatic rings. The summed E-state index contributed by atoms with van der Waals surface area (Å²) in [6.07, 6.45) is 0. The minimum Gasteiger partial charge on any atom is -0.464 e. The summed E-state index contributed by atoms with van der Waals surface area (Å²) in [6, 6.07) is 27.4. The Balaban J connectivity index is 1.91. The average molecular weight is 441 g/mol. The third-order valence-electron chi connectivity index (χ3n) is 5.29. The first-order chi connectivity index (χ1) is 16.1. The van der Waals surface area contributed by atoms with E-state index >= 15 is 0 Å². The van der Waals surface area contributed by atoms with E-state index in [4.69, 9.17) is 4.74 Å². The molecule has 1 N–H and O–H groups in total. The molecule has 1 saturated heterocycles. The Morgan fingerprint density at radius 3 is 2.12 bits per heavy atom. The number of hydrogen-bond acceptors (Lipinski definition) is 6. The average Bonchev–Trinajstić information content (AvgIpc) is 3.06. The number of carbonyl (C=O) groups excluding carboxylic acids is 2. The molecule has 33 heavy (non-hydrogen) atoms. The van der Waals surface area contributed by atoms with Crippen molar-refractivity contribution in [1.29, 1.82) is 0 Å². The van der Waals surface area contributed by atoms with E-state index in [1.807, 2.05) is 54.6 Å². The van der Waals surface area contributed by atoms with E-state index in [0.717, 1.165) is 0 Å². The van der Waals surface area contributed by atoms with Gasteiger partial charge in [0.15, 0.2) is 11.3 Å². The van der Waals surface area contributed by atoms with Gasteiger partial charge in [-0.05, 0) is 50.2 Å². The van der Waals surface area contributed by atoms with E-state index in [0.29, 0.717) is 17.1 Å². The number of para-hydroxylation sites is 3. The van der Waals surface area contributed by atoms with Gasteiger partial charge < -0.3 is 4.74 Å². The topological polar surface area (TPSA) is 83.4 Å². The van der Waals surface area contributed by atoms with Crippen molar-refractivity contribution in [2.24, 2.45) is 10.1 Å². The lowest BCUT2D eigenvalue weighted by Crippen LogP contribution is -2.55. The molecular formula is C26H24N4O3. The SMILES string of the molecule is CCOC(=O)[C@@]1(C)/C(=N/Nc2ccccc2)C(=Nc2ccccc2)C(=O)N1c1ccccc1. The number of ether oxygens (including phenoxy) is 1. The predicted octanol–water partition coefficient (Wildman–Crippen LogP) is 4.60. The molecule has 1 heterocycles. The molecular weight excluding hydrogens is 416 g/mol. The fourth-order valence-electron chi connectivity index (χ4n) is 3.69. The summed E-state index contributed by atoms with van der Waals surface area (Å²) in [6.45, 7) is 3.52. The molecule has 0 saturated carbocycles. The van der Waals surface area contributed by atoms with Crippen LogP contribution in [0.3, 0.4) is 0 Å². The number of hydrogen-bond donors (Lipinski definition) is 1. The number of benzene rings is 3. The first kappa shape index (κ1) is 22.0. The lowest BCUT2D eigenvalue weighted by molar-refractivity contribution is -0.146. The highest BCUT2D eigenvalue weighted by atomic mass is 16.5. The number of nitrogens with zero attached hydrogens (tertiary/aromatic N) is 3. The van der Waals surface area contributed by atoms with Gasteiger partial charge in [0.05, 0.1) is 18.0 Å². The molecule has 0 radical (unpaired) electrons. The number of anilines is 2. The Kier molecular flexibility index (Phi) is 6.31. The van der Waals surface area contributed by atoms with Crippen LogP contribution in [-0.2, 0) is 14.3 Å². The van der Waals surface area contributed by atoms with Gasteiger partial charge in [0.2, 0.25) is 0 Å². The minimum absolute atomic E-state index is 0.0732. The second kappa shape index (κ2) is 9.48. The lowest BCUT2D eigenvalue weighted by Gasteiger charge is -2.32. The summed E-state index contributed by atoms with van der Waals surface area (Å²) in [7, 11) is 0. The molecule has 0 bridgehead atoms. The number of esters is 1. The molecule has 1 atom stereocenters. The monoisotopic (exact) mass is 440 g/mol. The first-order valence-electron chi connectivity index (χ1n) is 10.7. The van der Waals surface area contributed by atoms with Crippen molar-refractivity contribution in [3.8, 4) is 0 Å². The van der Waals surface area contributed by atoms with Crippen LogP contribution >= 0.6 is 0 Å². The Morgan fingerprint density at radius 1 is 0.939 bits per heavy atom. The molecule has 3 aromatic rings. The van der Waals surface area contributed by atoms with Crippen molar-refractivity contribution in [2.75, 3.05) is 16.9 Å². The Bertz CT molecular complexity index is 1190. The van der Waals surface area contributed by atoms with Crippen molar-refractivity contribution in [2.45, 2.75) is 19.4 Å². The minimum atomic E-state index is -1.52. The van der Waals surface area contributed by atoms with Crippen molar-refractivity contribution in [3.05, 3.63) is 91.0 Å². The van der Waals surface area contributed by atoms with Gasteiger partial charge in [-0.1, -0.05) is 54.6 Å². The maximum Gasteiger partial charge on any atom is 0.338 e. The highest BCUT2D eigenvalue weighted by Crippen LogP contribution is 2.34. The van der Waals surface area contributed by atoms with E-state index in [1.54, 1.807) is 50.2 Å². The number of amides is 1. The van der Waals surface area contributed by atoms with Gasteiger partial charge in [-0.25, -0.2) is 9.79 Å². The van der Waals surface area contributed by atoms with Gasteiger partial charge in [-0.2, -0.15) is 5.10 Å². The molecule has 166 valence electrons. The van der Waals surface area contributed by atoms with Gasteiger partial charge in [-0.15, -0.1) is 0 Å². The molecule has 0 aliphatic carbocycles. The normalized spacial score (nSPS) is 20.3. The molecule has 1 aliphatic heterocycles. The summed E-state index contributed by atoms with van der Waals surface area (Å²) in [4.78, 5) is 33.1. The number of carbonyl (C=O) groups is 2. The summed E-state index contributed by atoms with van der Waals surface area (Å²) < 4.78 is 5.41. The van der Waals surface area contributed by atoms with Crippen LogP contribution in [-0.4, -0.2) is 35.4 Å². The van der Waals surface area contributed by atoms with Gasteiger partial charge in [0.1, 0.15) is 5.71 Å². The quantitative estimate of drug-likeness (QED) is 0.449. The molecule has 0 spiro atoms. The van der Waals surface area contributed by atoms with Crippen LogP contribution in [0.1, 0.15) is 13.8 Å². The van der Waals surface area contributed by atoms with Gasteiger partial charge >= 0.3 is 5.97 Å². The Labute approximate surface area is 192 Å². The number of nitrogens with one attached hydrogen (secondary N) is 1. The van der Waals surface area contributed by atoms with E-state index in [2.05, 4.69) is 15.5 Å². The van der Waals surface area contributed by atoms with Crippen LogP contribution in [0.15, 0.2) is 101 Å². The molecule has 0 aromatic heterocycles. The fourth-order valence-corrected chi connectivity index (χ4v) is 3.69. The van der Waals surface area contributed by atoms with Crippen molar-refractivity contribution in [3.63, 3.8) is 0 Å². The van der Waals surface area contributed by atoms with Crippen LogP contribution < -0.4 is 10.3 Å². The smallest absolute Gasteiger partial charge is 0.338 e. The second-order valence-electron chi connectivity index (χ2n) is 7.50. The number of hydrazone groups is 1. The van der Waals surface area contributed by atoms with Gasteiger partial charge in [0, 0.05) is 5.69 Å². The van der Waals surface area contributed by atoms with Crippen molar-refractivity contribution in [1.82, 2.24) is 0 Å². The third kappa shape index (κ3) is 4.25. The zero-order chi connectivity index (χ0) is 23.3. The highest BCUT2D eigenvalue weighted by Gasteiger charge is 2.58. The summed E-state index contributed by atoms with van der Waals surface area (Å²) in [5, 5.41) is 4.53. The fraction of sp³-hybridized carbons (Fsp3) is 0.154. The van der Waals surface area contributed by atoms with Crippen molar-refractivity contribution < 1.29 is 14.3 Å². The van der Waals surface area contributed by atoms with Crippen molar-refractivity contribution >= 4 is 40.4 Å². The summed E-state index contributed by atoms with van der Waals surface area (Å²) >= 11 is 0. The van der Waals surface area contributed by atoms with Gasteiger partial charge in [-0.3, -0.25) is 15.1 Å². The largest absolute Gasteiger partial charge is 0.464 e. The van der Waals surface area contributed by atoms with Crippen LogP contribution in [0.25, 0.3) is 0 Å². The second-order valence-corrected chi connectivity index (χ2v) is 7.50. The van der Waals surface area contributed by atoms with Crippen LogP contribution in [0.2, 0.25) is 0 Å². The summed E-state index contributed by atoms with van der Waals surface area (Å²) in [5.41, 5.74) is 3.53.